The third kappa shape index (κ3) is 2.59. The van der Waals surface area contributed by atoms with Crippen LogP contribution in [0.5, 0.6) is 0 Å². The van der Waals surface area contributed by atoms with E-state index in [1.54, 1.807) is 6.07 Å². The molecular weight excluding hydrogens is 251 g/mol. The summed E-state index contributed by atoms with van der Waals surface area (Å²) in [4.78, 5) is 4.23. The van der Waals surface area contributed by atoms with Crippen molar-refractivity contribution in [3.05, 3.63) is 65.2 Å². The molecule has 0 fully saturated rings. The van der Waals surface area contributed by atoms with E-state index in [1.165, 1.54) is 23.4 Å². The standard InChI is InChI=1S/C17H19FN2/c1-2-19-17(16-8-7-14(18)11-20-16)10-13-9-12-5-3-4-6-15(12)13/h3-8,11,13,17,19H,2,9-10H2,1H3. The lowest BCUT2D eigenvalue weighted by Gasteiger charge is -2.33. The highest BCUT2D eigenvalue weighted by atomic mass is 19.1. The summed E-state index contributed by atoms with van der Waals surface area (Å²) < 4.78 is 13.0. The van der Waals surface area contributed by atoms with Crippen LogP contribution in [0.3, 0.4) is 0 Å². The number of nitrogens with one attached hydrogen (secondary N) is 1. The third-order valence-electron chi connectivity index (χ3n) is 4.04. The van der Waals surface area contributed by atoms with E-state index >= 15 is 0 Å². The van der Waals surface area contributed by atoms with Gasteiger partial charge in [-0.25, -0.2) is 4.39 Å². The molecule has 1 aromatic heterocycles. The van der Waals surface area contributed by atoms with E-state index < -0.39 is 0 Å². The number of nitrogens with zero attached hydrogens (tertiary/aromatic N) is 1. The van der Waals surface area contributed by atoms with Gasteiger partial charge in [-0.05, 0) is 48.6 Å². The summed E-state index contributed by atoms with van der Waals surface area (Å²) in [5.74, 6) is 0.306. The molecule has 1 aliphatic rings. The summed E-state index contributed by atoms with van der Waals surface area (Å²) in [6.07, 6.45) is 3.46. The van der Waals surface area contributed by atoms with Crippen LogP contribution in [0.2, 0.25) is 0 Å². The second kappa shape index (κ2) is 5.71. The molecule has 1 aromatic carbocycles. The van der Waals surface area contributed by atoms with Crippen LogP contribution in [0.25, 0.3) is 0 Å². The number of fused-ring (bicyclic) bond motifs is 1. The summed E-state index contributed by atoms with van der Waals surface area (Å²) in [7, 11) is 0. The summed E-state index contributed by atoms with van der Waals surface area (Å²) >= 11 is 0. The predicted molar refractivity (Wildman–Crippen MR) is 78.1 cm³/mol. The molecule has 104 valence electrons. The summed E-state index contributed by atoms with van der Waals surface area (Å²) in [5.41, 5.74) is 3.84. The molecule has 1 aliphatic carbocycles. The van der Waals surface area contributed by atoms with E-state index in [2.05, 4.69) is 41.5 Å². The second-order valence-electron chi connectivity index (χ2n) is 5.35. The van der Waals surface area contributed by atoms with Gasteiger partial charge in [0.05, 0.1) is 17.9 Å². The molecule has 0 amide bonds. The highest BCUT2D eigenvalue weighted by Gasteiger charge is 2.28. The second-order valence-corrected chi connectivity index (χ2v) is 5.35. The summed E-state index contributed by atoms with van der Waals surface area (Å²) in [6, 6.07) is 12.1. The van der Waals surface area contributed by atoms with Crippen LogP contribution >= 0.6 is 0 Å². The summed E-state index contributed by atoms with van der Waals surface area (Å²) in [6.45, 7) is 2.98. The van der Waals surface area contributed by atoms with Crippen LogP contribution in [0, 0.1) is 5.82 Å². The smallest absolute Gasteiger partial charge is 0.141 e. The lowest BCUT2D eigenvalue weighted by molar-refractivity contribution is 0.428. The van der Waals surface area contributed by atoms with Crippen LogP contribution in [-0.2, 0) is 6.42 Å². The number of benzene rings is 1. The van der Waals surface area contributed by atoms with Crippen LogP contribution < -0.4 is 5.32 Å². The van der Waals surface area contributed by atoms with E-state index in [9.17, 15) is 4.39 Å². The van der Waals surface area contributed by atoms with Crippen molar-refractivity contribution in [2.24, 2.45) is 0 Å². The molecule has 1 N–H and O–H groups in total. The average molecular weight is 270 g/mol. The Hall–Kier alpha value is -1.74. The van der Waals surface area contributed by atoms with Crippen molar-refractivity contribution in [2.75, 3.05) is 6.54 Å². The molecule has 0 radical (unpaired) electrons. The van der Waals surface area contributed by atoms with Gasteiger partial charge in [0.15, 0.2) is 0 Å². The molecule has 2 aromatic rings. The van der Waals surface area contributed by atoms with Crippen molar-refractivity contribution in [3.8, 4) is 0 Å². The van der Waals surface area contributed by atoms with Gasteiger partial charge >= 0.3 is 0 Å². The number of hydrogen-bond acceptors (Lipinski definition) is 2. The maximum absolute atomic E-state index is 13.0. The monoisotopic (exact) mass is 270 g/mol. The molecule has 0 saturated carbocycles. The van der Waals surface area contributed by atoms with Gasteiger partial charge in [0.2, 0.25) is 0 Å². The molecule has 2 atom stereocenters. The minimum atomic E-state index is -0.280. The molecule has 0 spiro atoms. The molecule has 0 saturated heterocycles. The topological polar surface area (TPSA) is 24.9 Å². The van der Waals surface area contributed by atoms with Crippen molar-refractivity contribution >= 4 is 0 Å². The SMILES string of the molecule is CCNC(CC1Cc2ccccc21)c1ccc(F)cn1. The molecule has 1 heterocycles. The lowest BCUT2D eigenvalue weighted by Crippen LogP contribution is -2.27. The van der Waals surface area contributed by atoms with Crippen molar-refractivity contribution in [2.45, 2.75) is 31.7 Å². The molecule has 20 heavy (non-hydrogen) atoms. The first-order valence-corrected chi connectivity index (χ1v) is 7.20. The first-order chi connectivity index (χ1) is 9.78. The Bertz CT molecular complexity index is 580. The molecule has 3 heteroatoms. The maximum atomic E-state index is 13.0. The van der Waals surface area contributed by atoms with E-state index in [0.717, 1.165) is 25.1 Å². The molecule has 2 nitrogen and oxygen atoms in total. The van der Waals surface area contributed by atoms with Crippen LogP contribution in [0.1, 0.15) is 42.1 Å². The number of rotatable bonds is 5. The van der Waals surface area contributed by atoms with Gasteiger partial charge in [0, 0.05) is 0 Å². The highest BCUT2D eigenvalue weighted by molar-refractivity contribution is 5.40. The Kier molecular flexibility index (Phi) is 3.79. The zero-order valence-electron chi connectivity index (χ0n) is 11.6. The fraction of sp³-hybridized carbons (Fsp3) is 0.353. The van der Waals surface area contributed by atoms with E-state index in [1.807, 2.05) is 0 Å². The molecular formula is C17H19FN2. The van der Waals surface area contributed by atoms with Crippen LogP contribution in [-0.4, -0.2) is 11.5 Å². The lowest BCUT2D eigenvalue weighted by atomic mass is 9.74. The van der Waals surface area contributed by atoms with Crippen molar-refractivity contribution in [3.63, 3.8) is 0 Å². The van der Waals surface area contributed by atoms with Gasteiger partial charge in [-0.15, -0.1) is 0 Å². The highest BCUT2D eigenvalue weighted by Crippen LogP contribution is 2.40. The zero-order valence-corrected chi connectivity index (χ0v) is 11.6. The first-order valence-electron chi connectivity index (χ1n) is 7.20. The largest absolute Gasteiger partial charge is 0.309 e. The van der Waals surface area contributed by atoms with Crippen LogP contribution in [0.15, 0.2) is 42.6 Å². The number of halogens is 1. The van der Waals surface area contributed by atoms with Crippen LogP contribution in [0.4, 0.5) is 4.39 Å². The molecule has 2 unspecified atom stereocenters. The van der Waals surface area contributed by atoms with Gasteiger partial charge in [0.25, 0.3) is 0 Å². The fourth-order valence-corrected chi connectivity index (χ4v) is 3.01. The predicted octanol–water partition coefficient (Wildman–Crippen LogP) is 3.60. The molecule has 0 aliphatic heterocycles. The van der Waals surface area contributed by atoms with Gasteiger partial charge < -0.3 is 5.32 Å². The van der Waals surface area contributed by atoms with E-state index in [0.29, 0.717) is 5.92 Å². The number of aromatic nitrogens is 1. The van der Waals surface area contributed by atoms with Crippen molar-refractivity contribution < 1.29 is 4.39 Å². The third-order valence-corrected chi connectivity index (χ3v) is 4.04. The maximum Gasteiger partial charge on any atom is 0.141 e. The van der Waals surface area contributed by atoms with Gasteiger partial charge in [-0.1, -0.05) is 31.2 Å². The Morgan fingerprint density at radius 3 is 2.85 bits per heavy atom. The Morgan fingerprint density at radius 1 is 1.30 bits per heavy atom. The number of hydrogen-bond donors (Lipinski definition) is 1. The van der Waals surface area contributed by atoms with E-state index in [4.69, 9.17) is 0 Å². The van der Waals surface area contributed by atoms with Crippen molar-refractivity contribution in [1.29, 1.82) is 0 Å². The first kappa shape index (κ1) is 13.3. The number of pyridine rings is 1. The minimum absolute atomic E-state index is 0.193. The fourth-order valence-electron chi connectivity index (χ4n) is 3.01. The average Bonchev–Trinajstić information content (AvgIpc) is 2.44. The minimum Gasteiger partial charge on any atom is -0.309 e. The zero-order chi connectivity index (χ0) is 13.9. The molecule has 3 rings (SSSR count). The Balaban J connectivity index is 1.74. The Labute approximate surface area is 119 Å². The Morgan fingerprint density at radius 2 is 2.15 bits per heavy atom. The normalized spacial score (nSPS) is 18.2. The molecule has 0 bridgehead atoms. The van der Waals surface area contributed by atoms with E-state index in [-0.39, 0.29) is 11.9 Å². The van der Waals surface area contributed by atoms with Gasteiger partial charge in [-0.2, -0.15) is 0 Å². The quantitative estimate of drug-likeness (QED) is 0.898. The van der Waals surface area contributed by atoms with Gasteiger partial charge in [-0.3, -0.25) is 4.98 Å². The van der Waals surface area contributed by atoms with Gasteiger partial charge in [0.1, 0.15) is 5.82 Å². The van der Waals surface area contributed by atoms with Crippen molar-refractivity contribution in [1.82, 2.24) is 10.3 Å². The summed E-state index contributed by atoms with van der Waals surface area (Å²) in [5, 5.41) is 3.46.